The van der Waals surface area contributed by atoms with Crippen molar-refractivity contribution in [3.63, 3.8) is 0 Å². The van der Waals surface area contributed by atoms with Crippen molar-refractivity contribution >= 4 is 30.3 Å². The van der Waals surface area contributed by atoms with E-state index in [9.17, 15) is 9.59 Å². The summed E-state index contributed by atoms with van der Waals surface area (Å²) in [4.78, 5) is 24.5. The summed E-state index contributed by atoms with van der Waals surface area (Å²) in [5.41, 5.74) is 0. The molecule has 1 aliphatic rings. The Kier molecular flexibility index (Phi) is 11.6. The van der Waals surface area contributed by atoms with Gasteiger partial charge in [-0.15, -0.1) is 0 Å². The second-order valence-electron chi connectivity index (χ2n) is 7.54. The molecule has 1 atom stereocenters. The second kappa shape index (κ2) is 12.8. The molecule has 1 aliphatic heterocycles. The van der Waals surface area contributed by atoms with Gasteiger partial charge in [0.2, 0.25) is 0 Å². The average Bonchev–Trinajstić information content (AvgIpc) is 2.65. The third-order valence-electron chi connectivity index (χ3n) is 5.41. The second-order valence-corrected chi connectivity index (χ2v) is 20.5. The molecule has 1 fully saturated rings. The Labute approximate surface area is 164 Å². The molecule has 0 aliphatic carbocycles. The Morgan fingerprint density at radius 1 is 1.15 bits per heavy atom. The average molecular weight is 470 g/mol. The number of methoxy groups -OCH3 is 1. The minimum absolute atomic E-state index is 0.0356. The minimum atomic E-state index is -2.25. The van der Waals surface area contributed by atoms with E-state index in [0.29, 0.717) is 6.42 Å². The van der Waals surface area contributed by atoms with E-state index in [1.54, 1.807) is 0 Å². The third kappa shape index (κ3) is 7.61. The van der Waals surface area contributed by atoms with E-state index in [1.807, 2.05) is 0 Å². The number of nitrogens with zero attached hydrogens (tertiary/aromatic N) is 1. The molecule has 0 N–H and O–H groups in total. The standard InChI is InChI=1S/C9H10NO3.3C4H9.Sn/c1-3-4-7-5-8(11)10(7)6-9(12)13-2;3*1-3-4-2;/h1,3,7H,4-5H2,2H3;3*1,3-4H2,2H3;. The van der Waals surface area contributed by atoms with E-state index in [4.69, 9.17) is 0 Å². The van der Waals surface area contributed by atoms with Crippen LogP contribution in [0.3, 0.4) is 0 Å². The van der Waals surface area contributed by atoms with Crippen molar-refractivity contribution in [1.82, 2.24) is 4.90 Å². The Hall–Kier alpha value is -0.521. The van der Waals surface area contributed by atoms with Crippen LogP contribution in [-0.4, -0.2) is 48.3 Å². The Balaban J connectivity index is 2.71. The van der Waals surface area contributed by atoms with E-state index in [1.165, 1.54) is 63.8 Å². The van der Waals surface area contributed by atoms with Gasteiger partial charge in [-0.05, 0) is 0 Å². The molecule has 0 aromatic rings. The Morgan fingerprint density at radius 3 is 2.12 bits per heavy atom. The number of hydrogen-bond donors (Lipinski definition) is 0. The maximum atomic E-state index is 11.7. The van der Waals surface area contributed by atoms with E-state index in [2.05, 4.69) is 42.2 Å². The summed E-state index contributed by atoms with van der Waals surface area (Å²) in [6, 6.07) is 0.0744. The van der Waals surface area contributed by atoms with Crippen molar-refractivity contribution in [2.45, 2.75) is 91.5 Å². The van der Waals surface area contributed by atoms with Crippen molar-refractivity contribution in [1.29, 1.82) is 0 Å². The molecule has 1 heterocycles. The summed E-state index contributed by atoms with van der Waals surface area (Å²) >= 11 is -2.25. The third-order valence-corrected chi connectivity index (χ3v) is 19.6. The number of amides is 1. The summed E-state index contributed by atoms with van der Waals surface area (Å²) in [5, 5.41) is 0. The van der Waals surface area contributed by atoms with Crippen LogP contribution in [0.1, 0.15) is 72.1 Å². The van der Waals surface area contributed by atoms with Gasteiger partial charge in [-0.2, -0.15) is 0 Å². The molecule has 0 saturated carbocycles. The van der Waals surface area contributed by atoms with E-state index < -0.39 is 24.3 Å². The molecule has 0 spiro atoms. The zero-order valence-electron chi connectivity index (χ0n) is 17.2. The summed E-state index contributed by atoms with van der Waals surface area (Å²) in [6.07, 6.45) is 11.6. The van der Waals surface area contributed by atoms with Gasteiger partial charge in [-0.25, -0.2) is 0 Å². The van der Waals surface area contributed by atoms with Crippen LogP contribution in [0.5, 0.6) is 0 Å². The fourth-order valence-corrected chi connectivity index (χ4v) is 18.1. The molecule has 1 rings (SSSR count). The van der Waals surface area contributed by atoms with E-state index in [0.717, 1.165) is 6.42 Å². The molecule has 1 amide bonds. The number of carbonyl (C=O) groups excluding carboxylic acids is 2. The first kappa shape index (κ1) is 23.5. The van der Waals surface area contributed by atoms with Crippen molar-refractivity contribution < 1.29 is 14.3 Å². The van der Waals surface area contributed by atoms with Crippen molar-refractivity contribution in [3.8, 4) is 0 Å². The van der Waals surface area contributed by atoms with E-state index >= 15 is 0 Å². The van der Waals surface area contributed by atoms with Crippen molar-refractivity contribution in [2.24, 2.45) is 0 Å². The van der Waals surface area contributed by atoms with Crippen LogP contribution >= 0.6 is 0 Å². The van der Waals surface area contributed by atoms with Gasteiger partial charge in [0, 0.05) is 0 Å². The molecule has 5 heteroatoms. The number of likely N-dealkylation sites (tertiary alicyclic amines) is 1. The summed E-state index contributed by atoms with van der Waals surface area (Å²) < 4.78 is 11.6. The van der Waals surface area contributed by atoms with Crippen LogP contribution in [0.25, 0.3) is 0 Å². The van der Waals surface area contributed by atoms with Crippen LogP contribution in [0.15, 0.2) is 10.2 Å². The zero-order chi connectivity index (χ0) is 19.4. The monoisotopic (exact) mass is 471 g/mol. The first-order valence-corrected chi connectivity index (χ1v) is 18.1. The fourth-order valence-electron chi connectivity index (χ4n) is 3.66. The molecule has 0 aromatic heterocycles. The van der Waals surface area contributed by atoms with Crippen LogP contribution in [0.4, 0.5) is 0 Å². The topological polar surface area (TPSA) is 46.6 Å². The molecular weight excluding hydrogens is 433 g/mol. The molecule has 148 valence electrons. The fraction of sp³-hybridized carbons (Fsp3) is 0.762. The first-order valence-electron chi connectivity index (χ1n) is 10.4. The van der Waals surface area contributed by atoms with Gasteiger partial charge in [0.15, 0.2) is 0 Å². The van der Waals surface area contributed by atoms with Crippen LogP contribution in [-0.2, 0) is 14.3 Å². The van der Waals surface area contributed by atoms with Gasteiger partial charge in [0.05, 0.1) is 0 Å². The summed E-state index contributed by atoms with van der Waals surface area (Å²) in [5.74, 6) is -0.610. The van der Waals surface area contributed by atoms with Gasteiger partial charge in [0.1, 0.15) is 0 Å². The molecule has 1 saturated heterocycles. The quantitative estimate of drug-likeness (QED) is 0.201. The number of esters is 1. The number of carbonyl (C=O) groups is 2. The van der Waals surface area contributed by atoms with Gasteiger partial charge in [0.25, 0.3) is 0 Å². The Bertz CT molecular complexity index is 442. The van der Waals surface area contributed by atoms with Crippen molar-refractivity contribution in [2.75, 3.05) is 7.11 Å². The van der Waals surface area contributed by atoms with E-state index in [-0.39, 0.29) is 11.9 Å². The molecule has 0 bridgehead atoms. The number of hydrogen-bond acceptors (Lipinski definition) is 3. The summed E-state index contributed by atoms with van der Waals surface area (Å²) in [7, 11) is 1.31. The molecule has 26 heavy (non-hydrogen) atoms. The molecular formula is C21H37NO3Sn. The normalized spacial score (nSPS) is 17.6. The summed E-state index contributed by atoms with van der Waals surface area (Å²) in [6.45, 7) is 9.39. The van der Waals surface area contributed by atoms with Gasteiger partial charge in [-0.1, -0.05) is 0 Å². The first-order chi connectivity index (χ1) is 12.5. The number of rotatable bonds is 14. The van der Waals surface area contributed by atoms with Crippen LogP contribution in [0.2, 0.25) is 13.3 Å². The van der Waals surface area contributed by atoms with Gasteiger partial charge >= 0.3 is 165 Å². The zero-order valence-corrected chi connectivity index (χ0v) is 20.0. The van der Waals surface area contributed by atoms with Crippen molar-refractivity contribution in [3.05, 3.63) is 16.7 Å². The predicted octanol–water partition coefficient (Wildman–Crippen LogP) is 5.13. The van der Waals surface area contributed by atoms with Crippen LogP contribution < -0.4 is 0 Å². The predicted molar refractivity (Wildman–Crippen MR) is 109 cm³/mol. The maximum absolute atomic E-state index is 11.7. The number of ether oxygens (including phenoxy) is 1. The SMILES string of the molecule is CCC[CH2][Sn]([CH]=CCC1CC(=O)N1[C]C(=O)OC)([CH2]CCC)[CH2]CCC. The Morgan fingerprint density at radius 2 is 1.69 bits per heavy atom. The van der Waals surface area contributed by atoms with Crippen LogP contribution in [0, 0.1) is 6.54 Å². The molecule has 2 radical (unpaired) electrons. The van der Waals surface area contributed by atoms with Gasteiger partial charge < -0.3 is 0 Å². The molecule has 1 unspecified atom stereocenters. The van der Waals surface area contributed by atoms with Gasteiger partial charge in [-0.3, -0.25) is 0 Å². The number of unbranched alkanes of at least 4 members (excludes halogenated alkanes) is 3. The number of β-lactam (4-membered cyclic amide) rings is 1. The molecule has 0 aromatic carbocycles. The molecule has 4 nitrogen and oxygen atoms in total.